The average Bonchev–Trinajstić information content (AvgIpc) is 3.49. The van der Waals surface area contributed by atoms with Crippen LogP contribution in [0.3, 0.4) is 0 Å². The molecule has 3 heterocycles. The number of piperidine rings is 1. The van der Waals surface area contributed by atoms with E-state index in [2.05, 4.69) is 26.7 Å². The fraction of sp³-hybridized carbons (Fsp3) is 0.452. The van der Waals surface area contributed by atoms with Crippen molar-refractivity contribution in [2.75, 3.05) is 43.6 Å². The molecule has 0 bridgehead atoms. The molecule has 1 atom stereocenters. The van der Waals surface area contributed by atoms with Crippen LogP contribution in [-0.2, 0) is 14.3 Å². The number of anilines is 2. The summed E-state index contributed by atoms with van der Waals surface area (Å²) in [6.07, 6.45) is 3.74. The number of nitro benzene ring substituents is 1. The van der Waals surface area contributed by atoms with E-state index in [0.717, 1.165) is 0 Å². The maximum atomic E-state index is 12.3. The van der Waals surface area contributed by atoms with Gasteiger partial charge in [-0.1, -0.05) is 26.0 Å². The second-order valence-corrected chi connectivity index (χ2v) is 10.8. The zero-order valence-corrected chi connectivity index (χ0v) is 26.3. The van der Waals surface area contributed by atoms with Crippen molar-refractivity contribution < 1.29 is 19.2 Å². The molecule has 1 fully saturated rings. The van der Waals surface area contributed by atoms with Gasteiger partial charge in [-0.2, -0.15) is 10.5 Å². The van der Waals surface area contributed by atoms with Crippen LogP contribution >= 0.6 is 0 Å². The highest BCUT2D eigenvalue weighted by molar-refractivity contribution is 5.75. The first-order valence-corrected chi connectivity index (χ1v) is 15.0. The van der Waals surface area contributed by atoms with Crippen LogP contribution in [0.15, 0.2) is 40.7 Å². The molecule has 0 aliphatic carbocycles. The number of carbonyl (C=O) groups excluding carboxylic acids is 1. The SMILES string of the molecule is CCC(C)C(=O)OC1CCN(c2nc(NCCCOC)c(N=Nc3nn(-c4ccccc4[N+](=O)[O-])cc3C#N)c(C)c2C#N)CC1. The Morgan fingerprint density at radius 2 is 1.98 bits per heavy atom. The van der Waals surface area contributed by atoms with Gasteiger partial charge in [-0.25, -0.2) is 9.67 Å². The van der Waals surface area contributed by atoms with Crippen molar-refractivity contribution in [3.8, 4) is 17.8 Å². The number of methoxy groups -OCH3 is 1. The predicted molar refractivity (Wildman–Crippen MR) is 169 cm³/mol. The van der Waals surface area contributed by atoms with E-state index < -0.39 is 4.92 Å². The van der Waals surface area contributed by atoms with Crippen LogP contribution in [0.25, 0.3) is 5.69 Å². The second-order valence-electron chi connectivity index (χ2n) is 10.8. The third kappa shape index (κ3) is 7.62. The molecule has 1 unspecified atom stereocenters. The third-order valence-electron chi connectivity index (χ3n) is 7.75. The number of nitrogens with one attached hydrogen (secondary N) is 1. The Hall–Kier alpha value is -5.41. The molecular weight excluding hydrogens is 592 g/mol. The molecule has 1 saturated heterocycles. The normalized spacial score (nSPS) is 14.1. The lowest BCUT2D eigenvalue weighted by Gasteiger charge is -2.34. The highest BCUT2D eigenvalue weighted by Crippen LogP contribution is 2.37. The summed E-state index contributed by atoms with van der Waals surface area (Å²) in [7, 11) is 1.61. The van der Waals surface area contributed by atoms with Crippen molar-refractivity contribution in [3.63, 3.8) is 0 Å². The number of nitrogens with zero attached hydrogens (tertiary/aromatic N) is 9. The monoisotopic (exact) mass is 628 g/mol. The van der Waals surface area contributed by atoms with Gasteiger partial charge in [-0.3, -0.25) is 14.9 Å². The minimum atomic E-state index is -0.534. The summed E-state index contributed by atoms with van der Waals surface area (Å²) < 4.78 is 12.1. The van der Waals surface area contributed by atoms with Crippen molar-refractivity contribution in [1.29, 1.82) is 10.5 Å². The number of nitriles is 2. The van der Waals surface area contributed by atoms with Crippen LogP contribution < -0.4 is 10.2 Å². The van der Waals surface area contributed by atoms with E-state index in [1.807, 2.05) is 24.8 Å². The molecule has 0 spiro atoms. The van der Waals surface area contributed by atoms with Gasteiger partial charge in [0.05, 0.1) is 22.6 Å². The van der Waals surface area contributed by atoms with Gasteiger partial charge < -0.3 is 19.7 Å². The highest BCUT2D eigenvalue weighted by Gasteiger charge is 2.28. The molecule has 0 radical (unpaired) electrons. The number of azo groups is 1. The minimum Gasteiger partial charge on any atom is -0.462 e. The van der Waals surface area contributed by atoms with Crippen LogP contribution in [0.5, 0.6) is 0 Å². The van der Waals surface area contributed by atoms with Crippen molar-refractivity contribution in [1.82, 2.24) is 14.8 Å². The molecule has 0 amide bonds. The third-order valence-corrected chi connectivity index (χ3v) is 7.75. The number of rotatable bonds is 13. The maximum absolute atomic E-state index is 12.3. The molecule has 15 heteroatoms. The summed E-state index contributed by atoms with van der Waals surface area (Å²) in [5.41, 5.74) is 1.16. The van der Waals surface area contributed by atoms with E-state index in [0.29, 0.717) is 80.4 Å². The second kappa shape index (κ2) is 15.5. The molecule has 1 aliphatic rings. The van der Waals surface area contributed by atoms with Crippen LogP contribution in [-0.4, -0.2) is 65.1 Å². The van der Waals surface area contributed by atoms with Crippen LogP contribution in [0.4, 0.5) is 28.8 Å². The molecule has 15 nitrogen and oxygen atoms in total. The van der Waals surface area contributed by atoms with Gasteiger partial charge in [-0.05, 0) is 25.8 Å². The fourth-order valence-corrected chi connectivity index (χ4v) is 4.89. The lowest BCUT2D eigenvalue weighted by molar-refractivity contribution is -0.384. The molecule has 46 heavy (non-hydrogen) atoms. The number of aromatic nitrogens is 3. The Morgan fingerprint density at radius 3 is 2.63 bits per heavy atom. The van der Waals surface area contributed by atoms with Crippen molar-refractivity contribution in [3.05, 3.63) is 57.3 Å². The maximum Gasteiger partial charge on any atom is 0.308 e. The molecule has 4 rings (SSSR count). The molecule has 1 N–H and O–H groups in total. The Kier molecular flexibility index (Phi) is 11.3. The number of pyridine rings is 1. The predicted octanol–water partition coefficient (Wildman–Crippen LogP) is 5.65. The highest BCUT2D eigenvalue weighted by atomic mass is 16.6. The van der Waals surface area contributed by atoms with E-state index in [-0.39, 0.29) is 40.7 Å². The Balaban J connectivity index is 1.67. The van der Waals surface area contributed by atoms with Crippen molar-refractivity contribution in [2.45, 2.75) is 52.6 Å². The zero-order valence-electron chi connectivity index (χ0n) is 26.3. The minimum absolute atomic E-state index is 0.0520. The number of benzene rings is 1. The summed E-state index contributed by atoms with van der Waals surface area (Å²) in [6.45, 7) is 7.64. The standard InChI is InChI=1S/C31H36N10O5/c1-5-20(2)31(42)46-23-11-14-39(15-12-23)30-24(18-33)21(3)27(29(35-30)34-13-8-16-45-4)36-37-28-22(17-32)19-40(38-28)25-9-6-7-10-26(25)41(43)44/h6-7,9-10,19-20,23H,5,8,11-16H2,1-4H3,(H,34,35). The molecule has 0 saturated carbocycles. The number of carbonyl (C=O) groups is 1. The summed E-state index contributed by atoms with van der Waals surface area (Å²) in [5.74, 6) is 0.459. The molecular formula is C31H36N10O5. The van der Waals surface area contributed by atoms with E-state index >= 15 is 0 Å². The lowest BCUT2D eigenvalue weighted by Crippen LogP contribution is -2.39. The van der Waals surface area contributed by atoms with Gasteiger partial charge >= 0.3 is 5.97 Å². The first kappa shape index (κ1) is 33.5. The quantitative estimate of drug-likeness (QED) is 0.0807. The average molecular weight is 629 g/mol. The fourth-order valence-electron chi connectivity index (χ4n) is 4.89. The van der Waals surface area contributed by atoms with Crippen LogP contribution in [0.1, 0.15) is 56.2 Å². The number of hydrogen-bond donors (Lipinski definition) is 1. The number of nitro groups is 1. The first-order valence-electron chi connectivity index (χ1n) is 15.0. The van der Waals surface area contributed by atoms with E-state index in [1.54, 1.807) is 20.1 Å². The molecule has 1 aliphatic heterocycles. The van der Waals surface area contributed by atoms with Gasteiger partial charge in [0.15, 0.2) is 5.82 Å². The summed E-state index contributed by atoms with van der Waals surface area (Å²) in [5, 5.41) is 47.7. The smallest absolute Gasteiger partial charge is 0.308 e. The zero-order chi connectivity index (χ0) is 33.2. The molecule has 2 aromatic heterocycles. The number of para-hydroxylation sites is 2. The van der Waals surface area contributed by atoms with Gasteiger partial charge in [-0.15, -0.1) is 15.3 Å². The van der Waals surface area contributed by atoms with Gasteiger partial charge in [0.1, 0.15) is 41.0 Å². The summed E-state index contributed by atoms with van der Waals surface area (Å²) in [4.78, 5) is 30.1. The van der Waals surface area contributed by atoms with Crippen LogP contribution in [0, 0.1) is 45.6 Å². The van der Waals surface area contributed by atoms with Crippen molar-refractivity contribution in [2.24, 2.45) is 16.1 Å². The van der Waals surface area contributed by atoms with Gasteiger partial charge in [0.2, 0.25) is 5.82 Å². The van der Waals surface area contributed by atoms with Crippen LogP contribution in [0.2, 0.25) is 0 Å². The summed E-state index contributed by atoms with van der Waals surface area (Å²) in [6, 6.07) is 10.3. The van der Waals surface area contributed by atoms with E-state index in [1.165, 1.54) is 29.1 Å². The lowest BCUT2D eigenvalue weighted by atomic mass is 10.0. The molecule has 1 aromatic carbocycles. The Bertz CT molecular complexity index is 1680. The number of esters is 1. The first-order chi connectivity index (χ1) is 22.2. The summed E-state index contributed by atoms with van der Waals surface area (Å²) >= 11 is 0. The largest absolute Gasteiger partial charge is 0.462 e. The topological polar surface area (TPSA) is 197 Å². The Morgan fingerprint density at radius 1 is 1.24 bits per heavy atom. The molecule has 3 aromatic rings. The van der Waals surface area contributed by atoms with Gasteiger partial charge in [0.25, 0.3) is 5.69 Å². The Labute approximate surface area is 266 Å². The van der Waals surface area contributed by atoms with E-state index in [4.69, 9.17) is 14.5 Å². The number of hydrogen-bond acceptors (Lipinski definition) is 13. The van der Waals surface area contributed by atoms with Gasteiger partial charge in [0, 0.05) is 57.8 Å². The molecule has 240 valence electrons. The van der Waals surface area contributed by atoms with Crippen molar-refractivity contribution >= 4 is 34.8 Å². The van der Waals surface area contributed by atoms with E-state index in [9.17, 15) is 25.4 Å². The number of ether oxygens (including phenoxy) is 2.